The van der Waals surface area contributed by atoms with Crippen molar-refractivity contribution in [2.75, 3.05) is 14.1 Å². The minimum Gasteiger partial charge on any atom is -0.543 e. The molecule has 0 aliphatic carbocycles. The van der Waals surface area contributed by atoms with Crippen LogP contribution in [0.5, 0.6) is 5.75 Å². The van der Waals surface area contributed by atoms with Gasteiger partial charge in [-0.25, -0.2) is 10.2 Å². The summed E-state index contributed by atoms with van der Waals surface area (Å²) in [4.78, 5) is 40.5. The Bertz CT molecular complexity index is 668. The van der Waals surface area contributed by atoms with Crippen LogP contribution in [0.2, 0.25) is 0 Å². The van der Waals surface area contributed by atoms with E-state index < -0.39 is 30.8 Å². The van der Waals surface area contributed by atoms with Crippen LogP contribution in [0.1, 0.15) is 15.9 Å². The Balaban J connectivity index is 2.25. The molecule has 0 spiro atoms. The number of hydrogen-bond donors (Lipinski definition) is 4. The Morgan fingerprint density at radius 1 is 1.42 bits per heavy atom. The molecule has 0 saturated carbocycles. The van der Waals surface area contributed by atoms with Gasteiger partial charge in [0, 0.05) is 14.1 Å². The maximum Gasteiger partial charge on any atom is 0.494 e. The van der Waals surface area contributed by atoms with Gasteiger partial charge in [-0.15, -0.1) is 0 Å². The molecular weight excluding hydrogens is 319 g/mol. The van der Waals surface area contributed by atoms with Crippen LogP contribution in [-0.4, -0.2) is 55.0 Å². The second-order valence-corrected chi connectivity index (χ2v) is 5.35. The third kappa shape index (κ3) is 3.48. The summed E-state index contributed by atoms with van der Waals surface area (Å²) in [7, 11) is 1.82. The van der Waals surface area contributed by atoms with Crippen LogP contribution >= 0.6 is 0 Å². The van der Waals surface area contributed by atoms with Gasteiger partial charge in [-0.2, -0.15) is 5.90 Å². The first kappa shape index (κ1) is 17.7. The summed E-state index contributed by atoms with van der Waals surface area (Å²) in [5.41, 5.74) is 0.677. The average molecular weight is 336 g/mol. The Morgan fingerprint density at radius 3 is 2.71 bits per heavy atom. The molecule has 0 radical (unpaired) electrons. The number of rotatable bonds is 3. The molecule has 24 heavy (non-hydrogen) atoms. The van der Waals surface area contributed by atoms with Gasteiger partial charge in [0.05, 0.1) is 5.94 Å². The number of amides is 2. The Kier molecular flexibility index (Phi) is 5.39. The van der Waals surface area contributed by atoms with Crippen LogP contribution in [-0.2, 0) is 20.8 Å². The summed E-state index contributed by atoms with van der Waals surface area (Å²) >= 11 is 0. The fraction of sp³-hybridized carbons (Fsp3) is 0.308. The van der Waals surface area contributed by atoms with Crippen LogP contribution in [0, 0.1) is 0 Å². The summed E-state index contributed by atoms with van der Waals surface area (Å²) < 4.78 is 5.53. The number of para-hydroxylation sites is 1. The predicted molar refractivity (Wildman–Crippen MR) is 81.7 cm³/mol. The number of likely N-dealkylation sites (N-methyl/N-ethyl adjacent to an activating group) is 1. The molecule has 1 aliphatic heterocycles. The lowest BCUT2D eigenvalue weighted by Crippen LogP contribution is -2.61. The first-order valence-corrected chi connectivity index (χ1v) is 7.00. The van der Waals surface area contributed by atoms with Crippen LogP contribution in [0.25, 0.3) is 0 Å². The van der Waals surface area contributed by atoms with E-state index in [9.17, 15) is 19.6 Å². The minimum absolute atomic E-state index is 0.0874. The minimum atomic E-state index is -1.07. The number of nitrogens with one attached hydrogen (secondary N) is 2. The second-order valence-electron chi connectivity index (χ2n) is 5.35. The summed E-state index contributed by atoms with van der Waals surface area (Å²) in [6, 6.07) is 4.74. The van der Waals surface area contributed by atoms with Crippen molar-refractivity contribution < 1.29 is 29.1 Å². The maximum atomic E-state index is 11.9. The lowest BCUT2D eigenvalue weighted by Gasteiger charge is -2.31. The van der Waals surface area contributed by atoms with Crippen molar-refractivity contribution in [3.63, 3.8) is 0 Å². The van der Waals surface area contributed by atoms with E-state index >= 15 is 0 Å². The molecule has 10 nitrogen and oxygen atoms in total. The monoisotopic (exact) mass is 336 g/mol. The van der Waals surface area contributed by atoms with E-state index in [1.807, 2.05) is 5.39 Å². The van der Waals surface area contributed by atoms with Crippen molar-refractivity contribution in [1.29, 1.82) is 0 Å². The number of carbonyl (C=O) groups is 3. The number of benzene rings is 1. The van der Waals surface area contributed by atoms with Crippen molar-refractivity contribution in [2.24, 2.45) is 5.90 Å². The van der Waals surface area contributed by atoms with E-state index in [-0.39, 0.29) is 17.7 Å². The fourth-order valence-corrected chi connectivity index (χ4v) is 2.34. The van der Waals surface area contributed by atoms with Gasteiger partial charge >= 0.3 is 24.8 Å². The Hall–Kier alpha value is -2.63. The molecule has 128 valence electrons. The number of hydrogen-bond acceptors (Lipinski definition) is 8. The number of nitrogens with zero attached hydrogens (tertiary/aromatic N) is 1. The van der Waals surface area contributed by atoms with Crippen LogP contribution < -0.4 is 21.3 Å². The fourth-order valence-electron chi connectivity index (χ4n) is 2.34. The largest absolute Gasteiger partial charge is 0.543 e. The van der Waals surface area contributed by atoms with Gasteiger partial charge in [-0.05, 0) is 18.1 Å². The van der Waals surface area contributed by atoms with Crippen LogP contribution in [0.4, 0.5) is 0 Å². The van der Waals surface area contributed by atoms with Gasteiger partial charge in [0.2, 0.25) is 0 Å². The molecule has 1 aromatic carbocycles. The molecule has 1 aromatic rings. The van der Waals surface area contributed by atoms with Gasteiger partial charge < -0.3 is 24.9 Å². The number of nitrogens with two attached hydrogens (primary N) is 1. The highest BCUT2D eigenvalue weighted by Crippen LogP contribution is 2.30. The molecule has 5 N–H and O–H groups in total. The van der Waals surface area contributed by atoms with Gasteiger partial charge in [-0.3, -0.25) is 9.59 Å². The Morgan fingerprint density at radius 2 is 2.12 bits per heavy atom. The molecule has 1 aliphatic rings. The summed E-state index contributed by atoms with van der Waals surface area (Å²) in [6.07, 6.45) is 0.214. The van der Waals surface area contributed by atoms with Gasteiger partial charge in [0.15, 0.2) is 0 Å². The standard InChI is InChI=1S/C13H17BN4O6/c1-18(2)12(20)11(19)16-9-6-7-4-3-5-8(13(21)24-15)10(7)23-14(9)17-22/h3-5,9,17,22H,6,15H2,1-2H3,(H,16,19)/t9-/m0/s1. The quantitative estimate of drug-likeness (QED) is 0.288. The summed E-state index contributed by atoms with van der Waals surface area (Å²) in [5, 5.41) is 13.7. The highest BCUT2D eigenvalue weighted by Gasteiger charge is 2.39. The van der Waals surface area contributed by atoms with Crippen molar-refractivity contribution in [1.82, 2.24) is 15.6 Å². The van der Waals surface area contributed by atoms with Crippen molar-refractivity contribution in [2.45, 2.75) is 12.4 Å². The van der Waals surface area contributed by atoms with Gasteiger partial charge in [0.1, 0.15) is 11.3 Å². The molecular formula is C13H17BN4O6. The smallest absolute Gasteiger partial charge is 0.494 e. The highest BCUT2D eigenvalue weighted by atomic mass is 16.7. The Labute approximate surface area is 137 Å². The average Bonchev–Trinajstić information content (AvgIpc) is 2.58. The first-order chi connectivity index (χ1) is 11.4. The predicted octanol–water partition coefficient (Wildman–Crippen LogP) is -1.77. The molecule has 0 fully saturated rings. The molecule has 11 heteroatoms. The second kappa shape index (κ2) is 7.30. The van der Waals surface area contributed by atoms with E-state index in [1.54, 1.807) is 12.1 Å². The SMILES string of the molecule is CN(C)C(=O)C(=O)N[C@H]1Cc2cccc(C(=O)ON)c2OB1NO. The van der Waals surface area contributed by atoms with Crippen LogP contribution in [0.3, 0.4) is 0 Å². The third-order valence-electron chi connectivity index (χ3n) is 3.52. The van der Waals surface area contributed by atoms with Crippen LogP contribution in [0.15, 0.2) is 18.2 Å². The molecule has 1 atom stereocenters. The summed E-state index contributed by atoms with van der Waals surface area (Å²) in [5.74, 6) is 1.97. The van der Waals surface area contributed by atoms with Crippen molar-refractivity contribution in [3.05, 3.63) is 29.3 Å². The first-order valence-electron chi connectivity index (χ1n) is 7.00. The van der Waals surface area contributed by atoms with Gasteiger partial charge in [-0.1, -0.05) is 12.1 Å². The van der Waals surface area contributed by atoms with E-state index in [2.05, 4.69) is 10.2 Å². The van der Waals surface area contributed by atoms with E-state index in [4.69, 9.17) is 10.6 Å². The van der Waals surface area contributed by atoms with E-state index in [0.29, 0.717) is 5.56 Å². The maximum absolute atomic E-state index is 11.9. The van der Waals surface area contributed by atoms with Crippen molar-refractivity contribution in [3.8, 4) is 5.75 Å². The highest BCUT2D eigenvalue weighted by molar-refractivity contribution is 6.53. The zero-order valence-corrected chi connectivity index (χ0v) is 13.1. The summed E-state index contributed by atoms with van der Waals surface area (Å²) in [6.45, 7) is 0. The topological polar surface area (TPSA) is 143 Å². The molecule has 2 amide bonds. The third-order valence-corrected chi connectivity index (χ3v) is 3.52. The molecule has 0 bridgehead atoms. The lowest BCUT2D eigenvalue weighted by molar-refractivity contribution is -0.144. The zero-order valence-electron chi connectivity index (χ0n) is 13.1. The lowest BCUT2D eigenvalue weighted by atomic mass is 9.68. The van der Waals surface area contributed by atoms with E-state index in [0.717, 1.165) is 4.90 Å². The van der Waals surface area contributed by atoms with Crippen molar-refractivity contribution >= 4 is 24.8 Å². The molecule has 0 saturated heterocycles. The zero-order chi connectivity index (χ0) is 17.9. The number of carbonyl (C=O) groups excluding carboxylic acids is 3. The molecule has 2 rings (SSSR count). The van der Waals surface area contributed by atoms with E-state index in [1.165, 1.54) is 20.2 Å². The normalized spacial score (nSPS) is 15.8. The molecule has 0 unspecified atom stereocenters. The molecule has 1 heterocycles. The van der Waals surface area contributed by atoms with Gasteiger partial charge in [0.25, 0.3) is 0 Å². The number of fused-ring (bicyclic) bond motifs is 1. The molecule has 0 aromatic heterocycles.